The molecule has 3 rings (SSSR count). The number of methoxy groups -OCH3 is 2. The van der Waals surface area contributed by atoms with Crippen LogP contribution >= 0.6 is 0 Å². The van der Waals surface area contributed by atoms with E-state index >= 15 is 0 Å². The van der Waals surface area contributed by atoms with Gasteiger partial charge in [-0.2, -0.15) is 0 Å². The molecule has 3 N–H and O–H groups in total. The van der Waals surface area contributed by atoms with Gasteiger partial charge in [0.25, 0.3) is 0 Å². The fraction of sp³-hybridized carbons (Fsp3) is 0.318. The molecule has 3 aromatic rings. The number of aromatic nitrogens is 2. The number of hydrogen-bond acceptors (Lipinski definition) is 7. The normalized spacial score (nSPS) is 10.8. The molecule has 0 saturated heterocycles. The van der Waals surface area contributed by atoms with Crippen LogP contribution in [0.3, 0.4) is 0 Å². The average molecular weight is 409 g/mol. The molecular weight excluding hydrogens is 382 g/mol. The first-order valence-electron chi connectivity index (χ1n) is 9.82. The van der Waals surface area contributed by atoms with Crippen LogP contribution in [0.25, 0.3) is 10.9 Å². The van der Waals surface area contributed by atoms with Gasteiger partial charge in [0.1, 0.15) is 17.9 Å². The molecule has 0 spiro atoms. The summed E-state index contributed by atoms with van der Waals surface area (Å²) in [6.45, 7) is 3.42. The Morgan fingerprint density at radius 2 is 2.00 bits per heavy atom. The number of ether oxygens (including phenoxy) is 2. The highest BCUT2D eigenvalue weighted by molar-refractivity contribution is 6.00. The van der Waals surface area contributed by atoms with Gasteiger partial charge in [-0.15, -0.1) is 0 Å². The summed E-state index contributed by atoms with van der Waals surface area (Å²) in [6.07, 6.45) is 2.46. The van der Waals surface area contributed by atoms with Gasteiger partial charge >= 0.3 is 0 Å². The molecule has 0 bridgehead atoms. The summed E-state index contributed by atoms with van der Waals surface area (Å²) in [5.74, 6) is 1.01. The topological polar surface area (TPSA) is 97.4 Å². The minimum absolute atomic E-state index is 0.171. The molecule has 8 nitrogen and oxygen atoms in total. The molecule has 0 aliphatic rings. The monoisotopic (exact) mass is 409 g/mol. The lowest BCUT2D eigenvalue weighted by molar-refractivity contribution is -0.115. The predicted molar refractivity (Wildman–Crippen MR) is 119 cm³/mol. The Kier molecular flexibility index (Phi) is 7.53. The minimum Gasteiger partial charge on any atom is -0.494 e. The highest BCUT2D eigenvalue weighted by Gasteiger charge is 2.13. The lowest BCUT2D eigenvalue weighted by Gasteiger charge is -2.14. The maximum atomic E-state index is 12.3. The first-order chi connectivity index (χ1) is 14.6. The number of hydrogen-bond donors (Lipinski definition) is 3. The molecule has 1 heterocycles. The third kappa shape index (κ3) is 5.43. The molecule has 0 unspecified atom stereocenters. The van der Waals surface area contributed by atoms with E-state index in [0.717, 1.165) is 17.5 Å². The summed E-state index contributed by atoms with van der Waals surface area (Å²) in [5, 5.41) is 10.0. The SMILES string of the molecule is CCc1cccc(Nc2ncnc3cc(OC)c(NC(=O)CNCCOC)cc23)c1. The van der Waals surface area contributed by atoms with Crippen LogP contribution in [0, 0.1) is 0 Å². The fourth-order valence-electron chi connectivity index (χ4n) is 3.03. The first-order valence-corrected chi connectivity index (χ1v) is 9.82. The number of anilines is 3. The summed E-state index contributed by atoms with van der Waals surface area (Å²) < 4.78 is 10.4. The van der Waals surface area contributed by atoms with E-state index in [4.69, 9.17) is 9.47 Å². The Bertz CT molecular complexity index is 1010. The number of nitrogens with one attached hydrogen (secondary N) is 3. The highest BCUT2D eigenvalue weighted by atomic mass is 16.5. The second-order valence-corrected chi connectivity index (χ2v) is 6.69. The van der Waals surface area contributed by atoms with Gasteiger partial charge in [0.2, 0.25) is 5.91 Å². The van der Waals surface area contributed by atoms with Crippen molar-refractivity contribution in [3.8, 4) is 5.75 Å². The smallest absolute Gasteiger partial charge is 0.238 e. The zero-order valence-electron chi connectivity index (χ0n) is 17.5. The van der Waals surface area contributed by atoms with Crippen LogP contribution in [0.1, 0.15) is 12.5 Å². The van der Waals surface area contributed by atoms with Crippen LogP contribution in [0.2, 0.25) is 0 Å². The van der Waals surface area contributed by atoms with Gasteiger partial charge < -0.3 is 25.4 Å². The summed E-state index contributed by atoms with van der Waals surface area (Å²) in [6, 6.07) is 11.8. The van der Waals surface area contributed by atoms with Crippen molar-refractivity contribution in [2.75, 3.05) is 44.5 Å². The standard InChI is InChI=1S/C22H27N5O3/c1-4-15-6-5-7-16(10-15)26-22-17-11-19(27-21(28)13-23-8-9-29-2)20(30-3)12-18(17)24-14-25-22/h5-7,10-12,14,23H,4,8-9,13H2,1-3H3,(H,27,28)(H,24,25,26). The summed E-state index contributed by atoms with van der Waals surface area (Å²) in [4.78, 5) is 21.1. The maximum absolute atomic E-state index is 12.3. The van der Waals surface area contributed by atoms with Crippen molar-refractivity contribution in [3.05, 3.63) is 48.3 Å². The van der Waals surface area contributed by atoms with Crippen molar-refractivity contribution in [1.29, 1.82) is 0 Å². The molecule has 0 fully saturated rings. The van der Waals surface area contributed by atoms with Gasteiger partial charge in [0.05, 0.1) is 31.5 Å². The first kappa shape index (κ1) is 21.5. The van der Waals surface area contributed by atoms with E-state index in [1.54, 1.807) is 20.3 Å². The molecule has 0 radical (unpaired) electrons. The number of nitrogens with zero attached hydrogens (tertiary/aromatic N) is 2. The van der Waals surface area contributed by atoms with Crippen molar-refractivity contribution in [1.82, 2.24) is 15.3 Å². The zero-order chi connectivity index (χ0) is 21.3. The van der Waals surface area contributed by atoms with Gasteiger partial charge in [-0.05, 0) is 30.2 Å². The molecule has 30 heavy (non-hydrogen) atoms. The van der Waals surface area contributed by atoms with Crippen LogP contribution in [0.5, 0.6) is 5.75 Å². The predicted octanol–water partition coefficient (Wildman–Crippen LogP) is 3.12. The number of amides is 1. The van der Waals surface area contributed by atoms with Crippen LogP contribution in [0.15, 0.2) is 42.7 Å². The second kappa shape index (κ2) is 10.5. The number of rotatable bonds is 10. The number of carbonyl (C=O) groups is 1. The van der Waals surface area contributed by atoms with E-state index in [1.165, 1.54) is 11.9 Å². The van der Waals surface area contributed by atoms with Crippen molar-refractivity contribution >= 4 is 34.0 Å². The van der Waals surface area contributed by atoms with E-state index in [2.05, 4.69) is 45.0 Å². The quantitative estimate of drug-likeness (QED) is 0.443. The minimum atomic E-state index is -0.175. The van der Waals surface area contributed by atoms with Gasteiger partial charge in [-0.25, -0.2) is 9.97 Å². The van der Waals surface area contributed by atoms with Crippen LogP contribution in [0.4, 0.5) is 17.2 Å². The van der Waals surface area contributed by atoms with E-state index in [-0.39, 0.29) is 12.5 Å². The van der Waals surface area contributed by atoms with E-state index in [0.29, 0.717) is 35.9 Å². The highest BCUT2D eigenvalue weighted by Crippen LogP contribution is 2.33. The zero-order valence-corrected chi connectivity index (χ0v) is 17.5. The Labute approximate surface area is 176 Å². The Morgan fingerprint density at radius 1 is 1.13 bits per heavy atom. The molecule has 0 atom stereocenters. The lowest BCUT2D eigenvalue weighted by atomic mass is 10.1. The van der Waals surface area contributed by atoms with E-state index in [9.17, 15) is 4.79 Å². The Morgan fingerprint density at radius 3 is 2.77 bits per heavy atom. The molecule has 0 aliphatic heterocycles. The average Bonchev–Trinajstić information content (AvgIpc) is 2.77. The number of benzene rings is 2. The molecule has 1 amide bonds. The molecule has 8 heteroatoms. The van der Waals surface area contributed by atoms with Crippen molar-refractivity contribution < 1.29 is 14.3 Å². The van der Waals surface area contributed by atoms with Gasteiger partial charge in [-0.3, -0.25) is 4.79 Å². The molecule has 1 aromatic heterocycles. The Balaban J connectivity index is 1.87. The van der Waals surface area contributed by atoms with Crippen molar-refractivity contribution in [3.63, 3.8) is 0 Å². The molecule has 0 saturated carbocycles. The van der Waals surface area contributed by atoms with Crippen molar-refractivity contribution in [2.45, 2.75) is 13.3 Å². The second-order valence-electron chi connectivity index (χ2n) is 6.69. The maximum Gasteiger partial charge on any atom is 0.238 e. The van der Waals surface area contributed by atoms with Crippen LogP contribution in [-0.4, -0.2) is 49.8 Å². The van der Waals surface area contributed by atoms with E-state index in [1.807, 2.05) is 18.2 Å². The molecular formula is C22H27N5O3. The lowest BCUT2D eigenvalue weighted by Crippen LogP contribution is -2.30. The third-order valence-electron chi connectivity index (χ3n) is 4.60. The number of aryl methyl sites for hydroxylation is 1. The largest absolute Gasteiger partial charge is 0.494 e. The van der Waals surface area contributed by atoms with Crippen LogP contribution in [-0.2, 0) is 16.0 Å². The van der Waals surface area contributed by atoms with Gasteiger partial charge in [0, 0.05) is 30.8 Å². The molecule has 158 valence electrons. The summed E-state index contributed by atoms with van der Waals surface area (Å²) >= 11 is 0. The van der Waals surface area contributed by atoms with Gasteiger partial charge in [0.15, 0.2) is 0 Å². The number of carbonyl (C=O) groups excluding carboxylic acids is 1. The number of fused-ring (bicyclic) bond motifs is 1. The Hall–Kier alpha value is -3.23. The van der Waals surface area contributed by atoms with Crippen molar-refractivity contribution in [2.24, 2.45) is 0 Å². The molecule has 2 aromatic carbocycles. The fourth-order valence-corrected chi connectivity index (χ4v) is 3.03. The third-order valence-corrected chi connectivity index (χ3v) is 4.60. The summed E-state index contributed by atoms with van der Waals surface area (Å²) in [7, 11) is 3.18. The van der Waals surface area contributed by atoms with Gasteiger partial charge in [-0.1, -0.05) is 19.1 Å². The molecule has 0 aliphatic carbocycles. The summed E-state index contributed by atoms with van der Waals surface area (Å²) in [5.41, 5.74) is 3.45. The van der Waals surface area contributed by atoms with E-state index < -0.39 is 0 Å². The van der Waals surface area contributed by atoms with Crippen LogP contribution < -0.4 is 20.7 Å².